The summed E-state index contributed by atoms with van der Waals surface area (Å²) in [5.41, 5.74) is 2.00. The molecule has 1 N–H and O–H groups in total. The maximum Gasteiger partial charge on any atom is 0.258 e. The molecular weight excluding hydrogens is 360 g/mol. The quantitative estimate of drug-likeness (QED) is 0.400. The molecule has 3 rings (SSSR count). The highest BCUT2D eigenvalue weighted by Gasteiger charge is 2.44. The van der Waals surface area contributed by atoms with Crippen molar-refractivity contribution in [3.8, 4) is 5.75 Å². The van der Waals surface area contributed by atoms with Crippen LogP contribution in [0.5, 0.6) is 5.75 Å². The lowest BCUT2D eigenvalue weighted by atomic mass is 9.89. The van der Waals surface area contributed by atoms with E-state index in [2.05, 4.69) is 37.9 Å². The van der Waals surface area contributed by atoms with Gasteiger partial charge in [0.15, 0.2) is 0 Å². The molecule has 0 spiro atoms. The fourth-order valence-electron chi connectivity index (χ4n) is 4.01. The van der Waals surface area contributed by atoms with Crippen molar-refractivity contribution in [3.05, 3.63) is 72.3 Å². The van der Waals surface area contributed by atoms with E-state index in [0.717, 1.165) is 36.4 Å². The molecule has 29 heavy (non-hydrogen) atoms. The van der Waals surface area contributed by atoms with Crippen LogP contribution in [-0.2, 0) is 5.66 Å². The van der Waals surface area contributed by atoms with Gasteiger partial charge in [-0.15, -0.1) is 6.58 Å². The molecule has 154 valence electrons. The summed E-state index contributed by atoms with van der Waals surface area (Å²) in [6.07, 6.45) is 7.28. The lowest BCUT2D eigenvalue weighted by molar-refractivity contribution is 0.0524. The van der Waals surface area contributed by atoms with E-state index in [0.29, 0.717) is 12.1 Å². The summed E-state index contributed by atoms with van der Waals surface area (Å²) in [7, 11) is 0. The molecule has 2 aromatic rings. The minimum atomic E-state index is -0.612. The zero-order valence-corrected chi connectivity index (χ0v) is 17.6. The molecule has 1 heterocycles. The number of nitrogens with zero attached hydrogens (tertiary/aromatic N) is 1. The van der Waals surface area contributed by atoms with Gasteiger partial charge in [0.05, 0.1) is 12.2 Å². The normalized spacial score (nSPS) is 18.1. The van der Waals surface area contributed by atoms with Crippen molar-refractivity contribution in [2.75, 3.05) is 18.5 Å². The van der Waals surface area contributed by atoms with Crippen LogP contribution in [0.1, 0.15) is 61.9 Å². The molecule has 1 aliphatic rings. The molecule has 1 unspecified atom stereocenters. The first-order valence-electron chi connectivity index (χ1n) is 10.7. The van der Waals surface area contributed by atoms with Gasteiger partial charge < -0.3 is 15.0 Å². The molecule has 4 nitrogen and oxygen atoms in total. The highest BCUT2D eigenvalue weighted by molar-refractivity contribution is 6.02. The molecule has 1 aliphatic heterocycles. The van der Waals surface area contributed by atoms with Gasteiger partial charge in [-0.1, -0.05) is 63.5 Å². The van der Waals surface area contributed by atoms with Gasteiger partial charge in [-0.2, -0.15) is 0 Å². The molecule has 0 aromatic heterocycles. The predicted octanol–water partition coefficient (Wildman–Crippen LogP) is 5.96. The number of para-hydroxylation sites is 1. The molecule has 0 radical (unpaired) electrons. The van der Waals surface area contributed by atoms with Crippen LogP contribution in [0.2, 0.25) is 0 Å². The summed E-state index contributed by atoms with van der Waals surface area (Å²) in [5.74, 6) is 0.895. The summed E-state index contributed by atoms with van der Waals surface area (Å²) >= 11 is 0. The van der Waals surface area contributed by atoms with E-state index in [1.54, 1.807) is 6.08 Å². The van der Waals surface area contributed by atoms with Crippen LogP contribution in [0, 0.1) is 0 Å². The number of anilines is 1. The third kappa shape index (κ3) is 4.31. The summed E-state index contributed by atoms with van der Waals surface area (Å²) in [4.78, 5) is 15.1. The molecule has 1 amide bonds. The number of hydrogen-bond acceptors (Lipinski definition) is 3. The van der Waals surface area contributed by atoms with Gasteiger partial charge in [-0.3, -0.25) is 4.79 Å². The van der Waals surface area contributed by atoms with Gasteiger partial charge in [-0.05, 0) is 42.7 Å². The lowest BCUT2D eigenvalue weighted by Crippen LogP contribution is -2.57. The number of benzene rings is 2. The van der Waals surface area contributed by atoms with E-state index in [4.69, 9.17) is 4.74 Å². The van der Waals surface area contributed by atoms with Crippen molar-refractivity contribution < 1.29 is 9.53 Å². The van der Waals surface area contributed by atoms with Crippen LogP contribution in [0.4, 0.5) is 5.69 Å². The number of ether oxygens (including phenoxy) is 1. The van der Waals surface area contributed by atoms with Crippen LogP contribution >= 0.6 is 0 Å². The van der Waals surface area contributed by atoms with Crippen LogP contribution in [-0.4, -0.2) is 24.0 Å². The van der Waals surface area contributed by atoms with Crippen molar-refractivity contribution >= 4 is 11.6 Å². The van der Waals surface area contributed by atoms with Crippen LogP contribution in [0.15, 0.2) is 61.2 Å². The second kappa shape index (κ2) is 9.64. The molecule has 1 atom stereocenters. The number of carbonyl (C=O) groups is 1. The molecule has 2 aromatic carbocycles. The highest BCUT2D eigenvalue weighted by Crippen LogP contribution is 2.40. The molecule has 4 heteroatoms. The summed E-state index contributed by atoms with van der Waals surface area (Å²) < 4.78 is 5.90. The Kier molecular flexibility index (Phi) is 6.97. The maximum absolute atomic E-state index is 13.3. The standard InChI is InChI=1S/C25H32N2O2/c1-4-7-8-11-19-29-21-16-14-20(15-17-21)25(6-3)26-23-13-10-9-12-22(23)24(28)27(25)18-5-2/h5,9-10,12-17,26H,2,4,6-8,11,18-19H2,1,3H3. The third-order valence-electron chi connectivity index (χ3n) is 5.63. The molecule has 0 saturated carbocycles. The van der Waals surface area contributed by atoms with Gasteiger partial charge in [0.1, 0.15) is 11.4 Å². The molecule has 0 saturated heterocycles. The second-order valence-electron chi connectivity index (χ2n) is 7.52. The van der Waals surface area contributed by atoms with E-state index < -0.39 is 5.66 Å². The van der Waals surface area contributed by atoms with Gasteiger partial charge in [0, 0.05) is 12.2 Å². The molecule has 0 aliphatic carbocycles. The fraction of sp³-hybridized carbons (Fsp3) is 0.400. The van der Waals surface area contributed by atoms with Gasteiger partial charge in [0.2, 0.25) is 0 Å². The largest absolute Gasteiger partial charge is 0.494 e. The molecular formula is C25H32N2O2. The second-order valence-corrected chi connectivity index (χ2v) is 7.52. The van der Waals surface area contributed by atoms with Crippen molar-refractivity contribution in [2.45, 2.75) is 51.6 Å². The van der Waals surface area contributed by atoms with Crippen LogP contribution in [0.3, 0.4) is 0 Å². The Bertz CT molecular complexity index is 831. The van der Waals surface area contributed by atoms with Crippen molar-refractivity contribution in [1.29, 1.82) is 0 Å². The lowest BCUT2D eigenvalue weighted by Gasteiger charge is -2.48. The van der Waals surface area contributed by atoms with Crippen LogP contribution < -0.4 is 10.1 Å². The number of rotatable bonds is 10. The highest BCUT2D eigenvalue weighted by atomic mass is 16.5. The van der Waals surface area contributed by atoms with Gasteiger partial charge in [-0.25, -0.2) is 0 Å². The Morgan fingerprint density at radius 1 is 1.07 bits per heavy atom. The van der Waals surface area contributed by atoms with Gasteiger partial charge in [0.25, 0.3) is 5.91 Å². The topological polar surface area (TPSA) is 41.6 Å². The zero-order chi connectivity index (χ0) is 20.7. The average Bonchev–Trinajstić information content (AvgIpc) is 2.76. The summed E-state index contributed by atoms with van der Waals surface area (Å²) in [5, 5.41) is 3.64. The Balaban J connectivity index is 1.85. The minimum Gasteiger partial charge on any atom is -0.494 e. The monoisotopic (exact) mass is 392 g/mol. The minimum absolute atomic E-state index is 0.0253. The number of carbonyl (C=O) groups excluding carboxylic acids is 1. The zero-order valence-electron chi connectivity index (χ0n) is 17.6. The fourth-order valence-corrected chi connectivity index (χ4v) is 4.01. The van der Waals surface area contributed by atoms with Crippen molar-refractivity contribution in [1.82, 2.24) is 4.90 Å². The smallest absolute Gasteiger partial charge is 0.258 e. The average molecular weight is 393 g/mol. The van der Waals surface area contributed by atoms with E-state index in [9.17, 15) is 4.79 Å². The van der Waals surface area contributed by atoms with E-state index in [1.165, 1.54) is 19.3 Å². The number of nitrogens with one attached hydrogen (secondary N) is 1. The first-order chi connectivity index (χ1) is 14.2. The Morgan fingerprint density at radius 3 is 2.52 bits per heavy atom. The Hall–Kier alpha value is -2.75. The van der Waals surface area contributed by atoms with Crippen LogP contribution in [0.25, 0.3) is 0 Å². The van der Waals surface area contributed by atoms with E-state index >= 15 is 0 Å². The number of unbranched alkanes of at least 4 members (excludes halogenated alkanes) is 3. The Morgan fingerprint density at radius 2 is 1.83 bits per heavy atom. The number of fused-ring (bicyclic) bond motifs is 1. The first-order valence-corrected chi connectivity index (χ1v) is 10.7. The van der Waals surface area contributed by atoms with Crippen molar-refractivity contribution in [2.24, 2.45) is 0 Å². The predicted molar refractivity (Wildman–Crippen MR) is 119 cm³/mol. The third-order valence-corrected chi connectivity index (χ3v) is 5.63. The maximum atomic E-state index is 13.3. The van der Waals surface area contributed by atoms with E-state index in [-0.39, 0.29) is 5.91 Å². The first kappa shape index (κ1) is 21.0. The molecule has 0 fully saturated rings. The molecule has 0 bridgehead atoms. The number of amides is 1. The van der Waals surface area contributed by atoms with E-state index in [1.807, 2.05) is 41.3 Å². The number of hydrogen-bond donors (Lipinski definition) is 1. The van der Waals surface area contributed by atoms with Crippen molar-refractivity contribution in [3.63, 3.8) is 0 Å². The SMILES string of the molecule is C=CCN1C(=O)c2ccccc2NC1(CC)c1ccc(OCCCCCC)cc1. The Labute approximate surface area is 174 Å². The summed E-state index contributed by atoms with van der Waals surface area (Å²) in [6, 6.07) is 15.8. The summed E-state index contributed by atoms with van der Waals surface area (Å²) in [6.45, 7) is 9.39. The van der Waals surface area contributed by atoms with Gasteiger partial charge >= 0.3 is 0 Å².